The lowest BCUT2D eigenvalue weighted by atomic mass is 9.88. The van der Waals surface area contributed by atoms with Crippen LogP contribution >= 0.6 is 7.92 Å². The molecule has 0 aromatic heterocycles. The standard InChI is InChI=1S/C27H25P/c1-21(24-14-8-4-9-15-24)26-20-28(19-18-23-12-6-3-7-13-23)27(26)22(2)25-16-10-5-11-17-25/h3-17,21-22H,20H2,1-2H3. The van der Waals surface area contributed by atoms with E-state index in [1.807, 2.05) is 6.07 Å². The van der Waals surface area contributed by atoms with Crippen LogP contribution in [0.5, 0.6) is 0 Å². The minimum absolute atomic E-state index is 0.392. The molecule has 0 saturated carbocycles. The van der Waals surface area contributed by atoms with E-state index in [-0.39, 0.29) is 0 Å². The lowest BCUT2D eigenvalue weighted by Gasteiger charge is -2.38. The Hall–Kier alpha value is -2.61. The van der Waals surface area contributed by atoms with Crippen molar-refractivity contribution in [3.63, 3.8) is 0 Å². The molecule has 1 aliphatic rings. The molecule has 3 unspecified atom stereocenters. The van der Waals surface area contributed by atoms with E-state index in [0.717, 1.165) is 11.7 Å². The Kier molecular flexibility index (Phi) is 5.76. The second-order valence-electron chi connectivity index (χ2n) is 7.36. The normalized spacial score (nSPS) is 17.9. The summed E-state index contributed by atoms with van der Waals surface area (Å²) in [5.41, 5.74) is 9.13. The van der Waals surface area contributed by atoms with Crippen molar-refractivity contribution in [1.29, 1.82) is 0 Å². The first-order valence-corrected chi connectivity index (χ1v) is 11.4. The molecular weight excluding hydrogens is 355 g/mol. The van der Waals surface area contributed by atoms with Gasteiger partial charge in [-0.15, -0.1) is 0 Å². The first-order chi connectivity index (χ1) is 13.7. The third kappa shape index (κ3) is 3.96. The number of allylic oxidation sites excluding steroid dienone is 2. The molecule has 0 nitrogen and oxygen atoms in total. The van der Waals surface area contributed by atoms with E-state index in [0.29, 0.717) is 11.8 Å². The lowest BCUT2D eigenvalue weighted by Crippen LogP contribution is -2.17. The van der Waals surface area contributed by atoms with Gasteiger partial charge in [0, 0.05) is 31.5 Å². The van der Waals surface area contributed by atoms with Gasteiger partial charge in [0.05, 0.1) is 0 Å². The summed E-state index contributed by atoms with van der Waals surface area (Å²) in [6, 6.07) is 32.1. The maximum atomic E-state index is 3.63. The highest BCUT2D eigenvalue weighted by Gasteiger charge is 2.35. The molecule has 1 heteroatoms. The Bertz CT molecular complexity index is 1010. The van der Waals surface area contributed by atoms with E-state index < -0.39 is 7.92 Å². The van der Waals surface area contributed by atoms with Crippen molar-refractivity contribution in [2.75, 3.05) is 6.16 Å². The summed E-state index contributed by atoms with van der Waals surface area (Å²) < 4.78 is 0. The fourth-order valence-corrected chi connectivity index (χ4v) is 6.27. The quantitative estimate of drug-likeness (QED) is 0.328. The monoisotopic (exact) mass is 380 g/mol. The van der Waals surface area contributed by atoms with Gasteiger partial charge in [-0.3, -0.25) is 0 Å². The van der Waals surface area contributed by atoms with Crippen LogP contribution in [0.3, 0.4) is 0 Å². The second kappa shape index (κ2) is 8.60. The highest BCUT2D eigenvalue weighted by atomic mass is 31.1. The van der Waals surface area contributed by atoms with Gasteiger partial charge in [0.2, 0.25) is 0 Å². The average Bonchev–Trinajstić information content (AvgIpc) is 2.75. The molecule has 28 heavy (non-hydrogen) atoms. The number of rotatable bonds is 4. The first kappa shape index (κ1) is 18.7. The smallest absolute Gasteiger partial charge is 0.0248 e. The third-order valence-electron chi connectivity index (χ3n) is 5.59. The summed E-state index contributed by atoms with van der Waals surface area (Å²) in [7, 11) is -0.392. The van der Waals surface area contributed by atoms with Gasteiger partial charge in [-0.2, -0.15) is 0 Å². The van der Waals surface area contributed by atoms with Crippen LogP contribution in [0, 0.1) is 11.6 Å². The van der Waals surface area contributed by atoms with Crippen molar-refractivity contribution in [3.8, 4) is 11.6 Å². The van der Waals surface area contributed by atoms with Crippen molar-refractivity contribution < 1.29 is 0 Å². The van der Waals surface area contributed by atoms with Gasteiger partial charge in [-0.05, 0) is 28.6 Å². The molecule has 138 valence electrons. The molecule has 4 rings (SSSR count). The Morgan fingerprint density at radius 2 is 1.18 bits per heavy atom. The van der Waals surface area contributed by atoms with Crippen molar-refractivity contribution in [2.24, 2.45) is 0 Å². The molecule has 0 N–H and O–H groups in total. The van der Waals surface area contributed by atoms with Crippen molar-refractivity contribution in [1.82, 2.24) is 0 Å². The molecular formula is C27H25P. The summed E-state index contributed by atoms with van der Waals surface area (Å²) in [6.45, 7) is 4.70. The number of hydrogen-bond acceptors (Lipinski definition) is 0. The van der Waals surface area contributed by atoms with Gasteiger partial charge in [-0.1, -0.05) is 110 Å². The van der Waals surface area contributed by atoms with Crippen LogP contribution in [-0.4, -0.2) is 6.16 Å². The molecule has 0 radical (unpaired) electrons. The zero-order valence-corrected chi connectivity index (χ0v) is 17.4. The van der Waals surface area contributed by atoms with Gasteiger partial charge in [0.1, 0.15) is 0 Å². The molecule has 1 aliphatic heterocycles. The highest BCUT2D eigenvalue weighted by molar-refractivity contribution is 7.69. The summed E-state index contributed by atoms with van der Waals surface area (Å²) in [5.74, 6) is 4.31. The summed E-state index contributed by atoms with van der Waals surface area (Å²) in [6.07, 6.45) is 1.14. The Labute approximate surface area is 170 Å². The van der Waals surface area contributed by atoms with E-state index in [9.17, 15) is 0 Å². The van der Waals surface area contributed by atoms with Crippen LogP contribution < -0.4 is 0 Å². The average molecular weight is 380 g/mol. The van der Waals surface area contributed by atoms with Crippen LogP contribution in [0.1, 0.15) is 42.4 Å². The first-order valence-electron chi connectivity index (χ1n) is 9.91. The van der Waals surface area contributed by atoms with Crippen LogP contribution in [-0.2, 0) is 0 Å². The van der Waals surface area contributed by atoms with Gasteiger partial charge < -0.3 is 0 Å². The third-order valence-corrected chi connectivity index (χ3v) is 7.88. The molecule has 1 heterocycles. The molecule has 0 amide bonds. The van der Waals surface area contributed by atoms with Gasteiger partial charge in [0.25, 0.3) is 0 Å². The maximum Gasteiger partial charge on any atom is 0.0248 e. The molecule has 0 fully saturated rings. The summed E-state index contributed by atoms with van der Waals surface area (Å²) in [4.78, 5) is 0. The topological polar surface area (TPSA) is 0 Å². The highest BCUT2D eigenvalue weighted by Crippen LogP contribution is 2.63. The summed E-state index contributed by atoms with van der Waals surface area (Å²) in [5, 5.41) is 1.58. The van der Waals surface area contributed by atoms with Crippen LogP contribution in [0.15, 0.2) is 102 Å². The molecule has 3 aromatic carbocycles. The molecule has 0 saturated heterocycles. The zero-order chi connectivity index (χ0) is 19.3. The van der Waals surface area contributed by atoms with Gasteiger partial charge in [-0.25, -0.2) is 0 Å². The fourth-order valence-electron chi connectivity index (χ4n) is 3.88. The largest absolute Gasteiger partial charge is 0.0663 e. The second-order valence-corrected chi connectivity index (χ2v) is 9.24. The van der Waals surface area contributed by atoms with E-state index in [4.69, 9.17) is 0 Å². The molecule has 0 bridgehead atoms. The van der Waals surface area contributed by atoms with Gasteiger partial charge in [0.15, 0.2) is 0 Å². The van der Waals surface area contributed by atoms with Gasteiger partial charge >= 0.3 is 0 Å². The van der Waals surface area contributed by atoms with E-state index in [2.05, 4.69) is 110 Å². The Balaban J connectivity index is 1.69. The van der Waals surface area contributed by atoms with E-state index in [1.165, 1.54) is 11.1 Å². The van der Waals surface area contributed by atoms with Crippen LogP contribution in [0.2, 0.25) is 0 Å². The predicted molar refractivity (Wildman–Crippen MR) is 122 cm³/mol. The number of benzene rings is 3. The lowest BCUT2D eigenvalue weighted by molar-refractivity contribution is 0.828. The van der Waals surface area contributed by atoms with Crippen molar-refractivity contribution in [2.45, 2.75) is 25.7 Å². The minimum atomic E-state index is -0.392. The molecule has 0 aliphatic carbocycles. The number of hydrogen-bond donors (Lipinski definition) is 0. The molecule has 0 spiro atoms. The van der Waals surface area contributed by atoms with Crippen molar-refractivity contribution in [3.05, 3.63) is 119 Å². The molecule has 3 aromatic rings. The summed E-state index contributed by atoms with van der Waals surface area (Å²) >= 11 is 0. The fraction of sp³-hybridized carbons (Fsp3) is 0.185. The van der Waals surface area contributed by atoms with Crippen LogP contribution in [0.25, 0.3) is 0 Å². The maximum absolute atomic E-state index is 3.63. The van der Waals surface area contributed by atoms with E-state index in [1.54, 1.807) is 10.9 Å². The zero-order valence-electron chi connectivity index (χ0n) is 16.5. The van der Waals surface area contributed by atoms with Crippen LogP contribution in [0.4, 0.5) is 0 Å². The molecule has 3 atom stereocenters. The Morgan fingerprint density at radius 1 is 0.679 bits per heavy atom. The SMILES string of the molecule is CC(C1=C(C(C)c2ccccc2)P(C#Cc2ccccc2)C1)c1ccccc1. The van der Waals surface area contributed by atoms with Crippen molar-refractivity contribution >= 4 is 7.92 Å². The predicted octanol–water partition coefficient (Wildman–Crippen LogP) is 7.35. The Morgan fingerprint density at radius 3 is 1.75 bits per heavy atom. The minimum Gasteiger partial charge on any atom is -0.0663 e. The van der Waals surface area contributed by atoms with E-state index >= 15 is 0 Å².